The van der Waals surface area contributed by atoms with E-state index in [-0.39, 0.29) is 17.7 Å². The highest BCUT2D eigenvalue weighted by molar-refractivity contribution is 5.94. The third-order valence-electron chi connectivity index (χ3n) is 2.59. The standard InChI is InChI=1S/C18H24O6/c1-17(2,3)23-15(20)13-9-7-8-12(10-11-19)14(13)22-16(21)24-18(4,5)6/h7-9,11H,10H2,1-6H3. The van der Waals surface area contributed by atoms with Crippen LogP contribution in [0.15, 0.2) is 18.2 Å². The molecule has 0 unspecified atom stereocenters. The van der Waals surface area contributed by atoms with Gasteiger partial charge < -0.3 is 19.0 Å². The van der Waals surface area contributed by atoms with E-state index in [1.54, 1.807) is 53.7 Å². The second-order valence-electron chi connectivity index (χ2n) is 7.23. The summed E-state index contributed by atoms with van der Waals surface area (Å²) in [5.74, 6) is -0.665. The Balaban J connectivity index is 3.20. The lowest BCUT2D eigenvalue weighted by Crippen LogP contribution is -2.28. The molecule has 0 saturated heterocycles. The van der Waals surface area contributed by atoms with Crippen LogP contribution in [0.5, 0.6) is 5.75 Å². The molecular weight excluding hydrogens is 312 g/mol. The van der Waals surface area contributed by atoms with Crippen molar-refractivity contribution >= 4 is 18.4 Å². The second-order valence-corrected chi connectivity index (χ2v) is 7.23. The molecule has 0 atom stereocenters. The molecule has 0 aliphatic rings. The van der Waals surface area contributed by atoms with E-state index in [0.717, 1.165) is 0 Å². The van der Waals surface area contributed by atoms with Crippen molar-refractivity contribution in [1.82, 2.24) is 0 Å². The molecule has 1 aromatic carbocycles. The molecule has 1 aromatic rings. The Kier molecular flexibility index (Phi) is 6.12. The largest absolute Gasteiger partial charge is 0.514 e. The molecule has 0 fully saturated rings. The fourth-order valence-electron chi connectivity index (χ4n) is 1.80. The predicted molar refractivity (Wildman–Crippen MR) is 88.2 cm³/mol. The summed E-state index contributed by atoms with van der Waals surface area (Å²) in [5, 5.41) is 0. The van der Waals surface area contributed by atoms with Gasteiger partial charge in [-0.1, -0.05) is 12.1 Å². The molecule has 1 rings (SSSR count). The normalized spacial score (nSPS) is 11.6. The van der Waals surface area contributed by atoms with Crippen LogP contribution in [0.2, 0.25) is 0 Å². The van der Waals surface area contributed by atoms with Gasteiger partial charge in [-0.25, -0.2) is 9.59 Å². The number of hydrogen-bond acceptors (Lipinski definition) is 6. The third-order valence-corrected chi connectivity index (χ3v) is 2.59. The molecule has 0 amide bonds. The van der Waals surface area contributed by atoms with Gasteiger partial charge in [0.2, 0.25) is 0 Å². The maximum atomic E-state index is 12.4. The minimum absolute atomic E-state index is 0.00519. The van der Waals surface area contributed by atoms with Crippen LogP contribution in [-0.2, 0) is 20.7 Å². The number of esters is 1. The number of ether oxygens (including phenoxy) is 3. The fourth-order valence-corrected chi connectivity index (χ4v) is 1.80. The van der Waals surface area contributed by atoms with Gasteiger partial charge in [-0.05, 0) is 47.6 Å². The molecular formula is C18H24O6. The Morgan fingerprint density at radius 3 is 2.08 bits per heavy atom. The quantitative estimate of drug-likeness (QED) is 0.474. The maximum absolute atomic E-state index is 12.4. The van der Waals surface area contributed by atoms with Crippen molar-refractivity contribution in [2.45, 2.75) is 59.2 Å². The highest BCUT2D eigenvalue weighted by Crippen LogP contribution is 2.27. The zero-order chi connectivity index (χ0) is 18.5. The van der Waals surface area contributed by atoms with Crippen molar-refractivity contribution < 1.29 is 28.6 Å². The van der Waals surface area contributed by atoms with Gasteiger partial charge in [0.1, 0.15) is 23.1 Å². The summed E-state index contributed by atoms with van der Waals surface area (Å²) in [6.45, 7) is 10.3. The van der Waals surface area contributed by atoms with Crippen LogP contribution in [0, 0.1) is 0 Å². The van der Waals surface area contributed by atoms with Gasteiger partial charge >= 0.3 is 12.1 Å². The topological polar surface area (TPSA) is 78.9 Å². The maximum Gasteiger partial charge on any atom is 0.514 e. The number of rotatable bonds is 4. The lowest BCUT2D eigenvalue weighted by molar-refractivity contribution is -0.107. The first-order chi connectivity index (χ1) is 10.9. The summed E-state index contributed by atoms with van der Waals surface area (Å²) in [5.41, 5.74) is -0.988. The third kappa shape index (κ3) is 6.40. The van der Waals surface area contributed by atoms with Crippen LogP contribution in [0.4, 0.5) is 4.79 Å². The molecule has 0 radical (unpaired) electrons. The monoisotopic (exact) mass is 336 g/mol. The summed E-state index contributed by atoms with van der Waals surface area (Å²) in [6, 6.07) is 4.67. The highest BCUT2D eigenvalue weighted by Gasteiger charge is 2.26. The summed E-state index contributed by atoms with van der Waals surface area (Å²) in [6.07, 6.45) is -0.295. The molecule has 0 aliphatic heterocycles. The van der Waals surface area contributed by atoms with E-state index in [1.165, 1.54) is 6.07 Å². The van der Waals surface area contributed by atoms with E-state index in [2.05, 4.69) is 0 Å². The highest BCUT2D eigenvalue weighted by atomic mass is 16.7. The summed E-state index contributed by atoms with van der Waals surface area (Å²) in [4.78, 5) is 35.2. The van der Waals surface area contributed by atoms with Crippen molar-refractivity contribution in [3.8, 4) is 5.75 Å². The summed E-state index contributed by atoms with van der Waals surface area (Å²) in [7, 11) is 0. The zero-order valence-corrected chi connectivity index (χ0v) is 15.0. The van der Waals surface area contributed by atoms with Gasteiger partial charge in [-0.3, -0.25) is 0 Å². The molecule has 6 heteroatoms. The molecule has 0 spiro atoms. The van der Waals surface area contributed by atoms with E-state index in [4.69, 9.17) is 14.2 Å². The average Bonchev–Trinajstić information content (AvgIpc) is 2.36. The first-order valence-corrected chi connectivity index (χ1v) is 7.62. The number of carbonyl (C=O) groups is 3. The molecule has 6 nitrogen and oxygen atoms in total. The Morgan fingerprint density at radius 2 is 1.58 bits per heavy atom. The Labute approximate surface area is 142 Å². The first-order valence-electron chi connectivity index (χ1n) is 7.62. The van der Waals surface area contributed by atoms with Crippen LogP contribution in [0.25, 0.3) is 0 Å². The van der Waals surface area contributed by atoms with Crippen molar-refractivity contribution in [3.63, 3.8) is 0 Å². The number of benzene rings is 1. The van der Waals surface area contributed by atoms with Crippen molar-refractivity contribution in [1.29, 1.82) is 0 Å². The van der Waals surface area contributed by atoms with Crippen LogP contribution >= 0.6 is 0 Å². The number of hydrogen-bond donors (Lipinski definition) is 0. The van der Waals surface area contributed by atoms with E-state index < -0.39 is 23.3 Å². The number of para-hydroxylation sites is 1. The Bertz CT molecular complexity index is 619. The molecule has 0 bridgehead atoms. The van der Waals surface area contributed by atoms with Crippen molar-refractivity contribution in [2.75, 3.05) is 0 Å². The minimum Gasteiger partial charge on any atom is -0.456 e. The average molecular weight is 336 g/mol. The zero-order valence-electron chi connectivity index (χ0n) is 15.0. The minimum atomic E-state index is -0.953. The number of aldehydes is 1. The van der Waals surface area contributed by atoms with Crippen molar-refractivity contribution in [3.05, 3.63) is 29.3 Å². The van der Waals surface area contributed by atoms with E-state index in [1.807, 2.05) is 0 Å². The molecule has 132 valence electrons. The van der Waals surface area contributed by atoms with Gasteiger partial charge in [0.15, 0.2) is 5.75 Å². The molecule has 0 N–H and O–H groups in total. The summed E-state index contributed by atoms with van der Waals surface area (Å²) < 4.78 is 15.6. The molecule has 24 heavy (non-hydrogen) atoms. The first kappa shape index (κ1) is 19.7. The predicted octanol–water partition coefficient (Wildman–Crippen LogP) is 3.70. The molecule has 0 heterocycles. The van der Waals surface area contributed by atoms with E-state index in [9.17, 15) is 14.4 Å². The lowest BCUT2D eigenvalue weighted by atomic mass is 10.1. The van der Waals surface area contributed by atoms with E-state index >= 15 is 0 Å². The molecule has 0 saturated carbocycles. The molecule has 0 aliphatic carbocycles. The van der Waals surface area contributed by atoms with Crippen LogP contribution < -0.4 is 4.74 Å². The number of carbonyl (C=O) groups excluding carboxylic acids is 3. The van der Waals surface area contributed by atoms with Crippen LogP contribution in [0.1, 0.15) is 57.5 Å². The molecule has 0 aromatic heterocycles. The van der Waals surface area contributed by atoms with Crippen LogP contribution in [-0.4, -0.2) is 29.6 Å². The van der Waals surface area contributed by atoms with Gasteiger partial charge in [-0.2, -0.15) is 0 Å². The second kappa shape index (κ2) is 7.47. The van der Waals surface area contributed by atoms with Gasteiger partial charge in [0.05, 0.1) is 0 Å². The SMILES string of the molecule is CC(C)(C)OC(=O)Oc1c(CC=O)cccc1C(=O)OC(C)(C)C. The Morgan fingerprint density at radius 1 is 1.00 bits per heavy atom. The van der Waals surface area contributed by atoms with Gasteiger partial charge in [0.25, 0.3) is 0 Å². The smallest absolute Gasteiger partial charge is 0.456 e. The Hall–Kier alpha value is -2.37. The van der Waals surface area contributed by atoms with Gasteiger partial charge in [-0.15, -0.1) is 0 Å². The lowest BCUT2D eigenvalue weighted by Gasteiger charge is -2.22. The van der Waals surface area contributed by atoms with Crippen LogP contribution in [0.3, 0.4) is 0 Å². The van der Waals surface area contributed by atoms with Gasteiger partial charge in [0, 0.05) is 12.0 Å². The van der Waals surface area contributed by atoms with E-state index in [0.29, 0.717) is 11.8 Å². The van der Waals surface area contributed by atoms with Crippen molar-refractivity contribution in [2.24, 2.45) is 0 Å². The summed E-state index contributed by atoms with van der Waals surface area (Å²) >= 11 is 0. The fraction of sp³-hybridized carbons (Fsp3) is 0.500.